The number of benzene rings is 2. The molecule has 1 amide bonds. The number of Topliss-reactive ketones (excluding diaryl/α,β-unsaturated/α-hetero) is 1. The Morgan fingerprint density at radius 3 is 2.70 bits per heavy atom. The van der Waals surface area contributed by atoms with Crippen LogP contribution in [0.5, 0.6) is 0 Å². The summed E-state index contributed by atoms with van der Waals surface area (Å²) in [5, 5.41) is 3.42. The molecule has 1 N–H and O–H groups in total. The molecular formula is C22H22N2O2S. The van der Waals surface area contributed by atoms with Crippen molar-refractivity contribution in [2.75, 3.05) is 5.32 Å². The number of carbonyl (C=O) groups excluding carboxylic acids is 2. The molecular weight excluding hydrogens is 356 g/mol. The molecule has 0 bridgehead atoms. The summed E-state index contributed by atoms with van der Waals surface area (Å²) in [6.07, 6.45) is 4.96. The summed E-state index contributed by atoms with van der Waals surface area (Å²) in [7, 11) is 0. The van der Waals surface area contributed by atoms with Crippen LogP contribution in [0.3, 0.4) is 0 Å². The number of amides is 1. The minimum Gasteiger partial charge on any atom is -0.302 e. The van der Waals surface area contributed by atoms with Gasteiger partial charge in [-0.25, -0.2) is 4.98 Å². The Labute approximate surface area is 162 Å². The van der Waals surface area contributed by atoms with E-state index in [0.29, 0.717) is 5.13 Å². The van der Waals surface area contributed by atoms with Crippen molar-refractivity contribution in [2.45, 2.75) is 45.4 Å². The van der Waals surface area contributed by atoms with E-state index >= 15 is 0 Å². The molecule has 4 nitrogen and oxygen atoms in total. The molecule has 0 fully saturated rings. The number of aromatic nitrogens is 1. The SMILES string of the molecule is Cc1cccc2sc(NC(=O)CCC(=O)c3ccc4c(c3)CCCC4)nc12. The zero-order valence-corrected chi connectivity index (χ0v) is 16.2. The molecule has 4 rings (SSSR count). The van der Waals surface area contributed by atoms with E-state index in [1.54, 1.807) is 0 Å². The van der Waals surface area contributed by atoms with Crippen LogP contribution in [-0.4, -0.2) is 16.7 Å². The molecule has 1 aliphatic rings. The average Bonchev–Trinajstić information content (AvgIpc) is 3.09. The third-order valence-corrected chi connectivity index (χ3v) is 6.05. The predicted octanol–water partition coefficient (Wildman–Crippen LogP) is 5.09. The number of aryl methyl sites for hydroxylation is 3. The quantitative estimate of drug-likeness (QED) is 0.630. The van der Waals surface area contributed by atoms with E-state index in [-0.39, 0.29) is 24.5 Å². The summed E-state index contributed by atoms with van der Waals surface area (Å²) in [6, 6.07) is 12.0. The molecule has 27 heavy (non-hydrogen) atoms. The van der Waals surface area contributed by atoms with E-state index < -0.39 is 0 Å². The van der Waals surface area contributed by atoms with Gasteiger partial charge in [0, 0.05) is 18.4 Å². The number of nitrogens with zero attached hydrogens (tertiary/aromatic N) is 1. The zero-order valence-electron chi connectivity index (χ0n) is 15.4. The molecule has 0 spiro atoms. The summed E-state index contributed by atoms with van der Waals surface area (Å²) in [5.41, 5.74) is 5.39. The van der Waals surface area contributed by atoms with Crippen LogP contribution >= 0.6 is 11.3 Å². The monoisotopic (exact) mass is 378 g/mol. The number of carbonyl (C=O) groups is 2. The second-order valence-corrected chi connectivity index (χ2v) is 8.13. The molecule has 1 heterocycles. The number of thiazole rings is 1. The smallest absolute Gasteiger partial charge is 0.226 e. The maximum Gasteiger partial charge on any atom is 0.226 e. The Balaban J connectivity index is 1.37. The van der Waals surface area contributed by atoms with E-state index in [2.05, 4.69) is 16.4 Å². The van der Waals surface area contributed by atoms with Crippen LogP contribution in [0, 0.1) is 6.92 Å². The highest BCUT2D eigenvalue weighted by atomic mass is 32.1. The highest BCUT2D eigenvalue weighted by Crippen LogP contribution is 2.28. The second kappa shape index (κ2) is 7.61. The lowest BCUT2D eigenvalue weighted by atomic mass is 9.89. The molecule has 1 aromatic heterocycles. The zero-order chi connectivity index (χ0) is 18.8. The maximum absolute atomic E-state index is 12.5. The highest BCUT2D eigenvalue weighted by molar-refractivity contribution is 7.22. The Bertz CT molecular complexity index is 1020. The Morgan fingerprint density at radius 1 is 1.07 bits per heavy atom. The number of fused-ring (bicyclic) bond motifs is 2. The fourth-order valence-electron chi connectivity index (χ4n) is 3.60. The second-order valence-electron chi connectivity index (χ2n) is 7.10. The number of hydrogen-bond acceptors (Lipinski definition) is 4. The fourth-order valence-corrected chi connectivity index (χ4v) is 4.56. The number of para-hydroxylation sites is 1. The van der Waals surface area contributed by atoms with Crippen molar-refractivity contribution in [3.05, 3.63) is 58.7 Å². The van der Waals surface area contributed by atoms with Gasteiger partial charge in [0.2, 0.25) is 5.91 Å². The molecule has 138 valence electrons. The Hall–Kier alpha value is -2.53. The van der Waals surface area contributed by atoms with Crippen LogP contribution in [0.15, 0.2) is 36.4 Å². The van der Waals surface area contributed by atoms with E-state index in [0.717, 1.165) is 34.2 Å². The third kappa shape index (κ3) is 3.93. The van der Waals surface area contributed by atoms with Crippen molar-refractivity contribution in [1.82, 2.24) is 4.98 Å². The van der Waals surface area contributed by atoms with Gasteiger partial charge in [-0.15, -0.1) is 0 Å². The van der Waals surface area contributed by atoms with Gasteiger partial charge in [-0.3, -0.25) is 9.59 Å². The largest absolute Gasteiger partial charge is 0.302 e. The van der Waals surface area contributed by atoms with Gasteiger partial charge < -0.3 is 5.32 Å². The minimum absolute atomic E-state index is 0.0265. The van der Waals surface area contributed by atoms with Crippen LogP contribution in [0.1, 0.15) is 52.7 Å². The summed E-state index contributed by atoms with van der Waals surface area (Å²) < 4.78 is 1.05. The highest BCUT2D eigenvalue weighted by Gasteiger charge is 2.15. The Morgan fingerprint density at radius 2 is 1.89 bits per heavy atom. The van der Waals surface area contributed by atoms with E-state index in [9.17, 15) is 9.59 Å². The molecule has 0 atom stereocenters. The first-order valence-electron chi connectivity index (χ1n) is 9.41. The van der Waals surface area contributed by atoms with Gasteiger partial charge in [-0.1, -0.05) is 35.6 Å². The summed E-state index contributed by atoms with van der Waals surface area (Å²) >= 11 is 1.46. The van der Waals surface area contributed by atoms with Crippen molar-refractivity contribution in [3.63, 3.8) is 0 Å². The topological polar surface area (TPSA) is 59.1 Å². The van der Waals surface area contributed by atoms with Crippen molar-refractivity contribution in [1.29, 1.82) is 0 Å². The minimum atomic E-state index is -0.169. The molecule has 0 radical (unpaired) electrons. The van der Waals surface area contributed by atoms with Gasteiger partial charge in [0.1, 0.15) is 0 Å². The molecule has 0 aliphatic heterocycles. The van der Waals surface area contributed by atoms with Crippen LogP contribution in [-0.2, 0) is 17.6 Å². The summed E-state index contributed by atoms with van der Waals surface area (Å²) in [6.45, 7) is 2.00. The molecule has 0 saturated heterocycles. The maximum atomic E-state index is 12.5. The number of anilines is 1. The fraction of sp³-hybridized carbons (Fsp3) is 0.318. The molecule has 3 aromatic rings. The van der Waals surface area contributed by atoms with Crippen molar-refractivity contribution >= 4 is 38.4 Å². The van der Waals surface area contributed by atoms with Gasteiger partial charge in [-0.2, -0.15) is 0 Å². The molecule has 1 aliphatic carbocycles. The third-order valence-electron chi connectivity index (χ3n) is 5.12. The van der Waals surface area contributed by atoms with Gasteiger partial charge >= 0.3 is 0 Å². The van der Waals surface area contributed by atoms with Gasteiger partial charge in [-0.05, 0) is 61.4 Å². The number of hydrogen-bond donors (Lipinski definition) is 1. The first-order chi connectivity index (χ1) is 13.1. The number of ketones is 1. The average molecular weight is 378 g/mol. The first kappa shape index (κ1) is 17.9. The van der Waals surface area contributed by atoms with Crippen molar-refractivity contribution < 1.29 is 9.59 Å². The lowest BCUT2D eigenvalue weighted by Gasteiger charge is -2.16. The van der Waals surface area contributed by atoms with Crippen LogP contribution in [0.25, 0.3) is 10.2 Å². The number of rotatable bonds is 5. The van der Waals surface area contributed by atoms with Crippen LogP contribution in [0.4, 0.5) is 5.13 Å². The van der Waals surface area contributed by atoms with Gasteiger partial charge in [0.15, 0.2) is 10.9 Å². The summed E-state index contributed by atoms with van der Waals surface area (Å²) in [5.74, 6) is -0.142. The molecule has 5 heteroatoms. The van der Waals surface area contributed by atoms with Crippen LogP contribution < -0.4 is 5.32 Å². The molecule has 0 saturated carbocycles. The Kier molecular flexibility index (Phi) is 5.03. The van der Waals surface area contributed by atoms with Crippen LogP contribution in [0.2, 0.25) is 0 Å². The lowest BCUT2D eigenvalue weighted by Crippen LogP contribution is -2.13. The van der Waals surface area contributed by atoms with E-state index in [1.165, 1.54) is 35.3 Å². The van der Waals surface area contributed by atoms with Crippen molar-refractivity contribution in [3.8, 4) is 0 Å². The molecule has 0 unspecified atom stereocenters. The first-order valence-corrected chi connectivity index (χ1v) is 10.2. The summed E-state index contributed by atoms with van der Waals surface area (Å²) in [4.78, 5) is 29.2. The van der Waals surface area contributed by atoms with Crippen molar-refractivity contribution in [2.24, 2.45) is 0 Å². The normalized spacial score (nSPS) is 13.4. The number of nitrogens with one attached hydrogen (secondary N) is 1. The van der Waals surface area contributed by atoms with E-state index in [4.69, 9.17) is 0 Å². The standard InChI is InChI=1S/C22H22N2O2S/c1-14-5-4-8-19-21(14)24-22(27-19)23-20(26)12-11-18(25)17-10-9-15-6-2-3-7-16(15)13-17/h4-5,8-10,13H,2-3,6-7,11-12H2,1H3,(H,23,24,26). The molecule has 2 aromatic carbocycles. The van der Waals surface area contributed by atoms with Gasteiger partial charge in [0.05, 0.1) is 10.2 Å². The lowest BCUT2D eigenvalue weighted by molar-refractivity contribution is -0.116. The predicted molar refractivity (Wildman–Crippen MR) is 110 cm³/mol. The van der Waals surface area contributed by atoms with E-state index in [1.807, 2.05) is 37.3 Å². The van der Waals surface area contributed by atoms with Gasteiger partial charge in [0.25, 0.3) is 0 Å².